The molecule has 0 aromatic carbocycles. The summed E-state index contributed by atoms with van der Waals surface area (Å²) in [4.78, 5) is 29.8. The van der Waals surface area contributed by atoms with Crippen LogP contribution in [0.2, 0.25) is 0 Å². The maximum absolute atomic E-state index is 13.0. The Morgan fingerprint density at radius 1 is 1.33 bits per heavy atom. The number of nitrogens with zero attached hydrogens (tertiary/aromatic N) is 4. The molecule has 0 aliphatic heterocycles. The average molecular weight is 381 g/mol. The molecule has 0 aliphatic rings. The van der Waals surface area contributed by atoms with E-state index in [1.807, 2.05) is 47.9 Å². The lowest BCUT2D eigenvalue weighted by molar-refractivity contribution is -0.125. The number of carbonyl (C=O) groups is 1. The first-order valence-corrected chi connectivity index (χ1v) is 9.62. The van der Waals surface area contributed by atoms with Crippen molar-refractivity contribution in [1.82, 2.24) is 24.5 Å². The van der Waals surface area contributed by atoms with Crippen molar-refractivity contribution >= 4 is 33.0 Å². The topological polar surface area (TPSA) is 81.3 Å². The van der Waals surface area contributed by atoms with Gasteiger partial charge in [0.15, 0.2) is 0 Å². The molecule has 0 spiro atoms. The van der Waals surface area contributed by atoms with E-state index in [0.29, 0.717) is 24.3 Å². The van der Waals surface area contributed by atoms with Gasteiger partial charge in [0, 0.05) is 18.9 Å². The summed E-state index contributed by atoms with van der Waals surface area (Å²) in [5.74, 6) is 0.449. The smallest absolute Gasteiger partial charge is 0.291 e. The second kappa shape index (κ2) is 6.96. The molecule has 0 saturated heterocycles. The van der Waals surface area contributed by atoms with Crippen molar-refractivity contribution in [3.63, 3.8) is 0 Å². The van der Waals surface area contributed by atoms with Crippen molar-refractivity contribution in [2.75, 3.05) is 0 Å². The zero-order valence-electron chi connectivity index (χ0n) is 15.0. The predicted molar refractivity (Wildman–Crippen MR) is 105 cm³/mol. The van der Waals surface area contributed by atoms with Gasteiger partial charge in [-0.3, -0.25) is 19.0 Å². The van der Waals surface area contributed by atoms with Crippen LogP contribution in [-0.4, -0.2) is 25.1 Å². The number of amides is 1. The Hall–Kier alpha value is -3.00. The van der Waals surface area contributed by atoms with Crippen LogP contribution in [0.5, 0.6) is 0 Å². The zero-order valence-corrected chi connectivity index (χ0v) is 15.9. The molecule has 8 heteroatoms. The molecule has 7 nitrogen and oxygen atoms in total. The Morgan fingerprint density at radius 2 is 2.19 bits per heavy atom. The molecule has 1 amide bonds. The Bertz CT molecular complexity index is 1180. The summed E-state index contributed by atoms with van der Waals surface area (Å²) in [6, 6.07) is 6.89. The summed E-state index contributed by atoms with van der Waals surface area (Å²) < 4.78 is 4.20. The van der Waals surface area contributed by atoms with Gasteiger partial charge in [0.25, 0.3) is 5.56 Å². The number of nitrogens with one attached hydrogen (secondary N) is 1. The van der Waals surface area contributed by atoms with Crippen LogP contribution < -0.4 is 10.9 Å². The number of carbonyl (C=O) groups excluding carboxylic acids is 1. The fourth-order valence-corrected chi connectivity index (χ4v) is 4.09. The largest absolute Gasteiger partial charge is 0.350 e. The molecule has 0 aliphatic carbocycles. The second-order valence-electron chi connectivity index (χ2n) is 6.34. The van der Waals surface area contributed by atoms with Crippen molar-refractivity contribution in [3.05, 3.63) is 63.8 Å². The minimum atomic E-state index is -0.661. The SMILES string of the molecule is CC[C@H](C(=O)NCc1cccnc1)n1nc(C)n2c(cc3sccc32)c1=O. The third-order valence-electron chi connectivity index (χ3n) is 4.60. The van der Waals surface area contributed by atoms with Crippen LogP contribution in [-0.2, 0) is 11.3 Å². The highest BCUT2D eigenvalue weighted by atomic mass is 32.1. The van der Waals surface area contributed by atoms with Gasteiger partial charge in [0.1, 0.15) is 17.4 Å². The van der Waals surface area contributed by atoms with E-state index < -0.39 is 6.04 Å². The first kappa shape index (κ1) is 17.4. The minimum absolute atomic E-state index is 0.229. The van der Waals surface area contributed by atoms with Crippen LogP contribution in [0, 0.1) is 6.92 Å². The molecule has 4 aromatic rings. The van der Waals surface area contributed by atoms with E-state index in [1.165, 1.54) is 4.68 Å². The molecule has 4 heterocycles. The number of pyridine rings is 1. The Labute approximate surface area is 159 Å². The lowest BCUT2D eigenvalue weighted by Gasteiger charge is -2.18. The highest BCUT2D eigenvalue weighted by molar-refractivity contribution is 7.17. The number of aryl methyl sites for hydroxylation is 1. The van der Waals surface area contributed by atoms with Gasteiger partial charge in [0.2, 0.25) is 5.91 Å². The third kappa shape index (κ3) is 3.02. The monoisotopic (exact) mass is 381 g/mol. The van der Waals surface area contributed by atoms with E-state index in [1.54, 1.807) is 23.7 Å². The van der Waals surface area contributed by atoms with Gasteiger partial charge in [0.05, 0.1) is 10.2 Å². The van der Waals surface area contributed by atoms with Crippen LogP contribution in [0.4, 0.5) is 0 Å². The minimum Gasteiger partial charge on any atom is -0.350 e. The predicted octanol–water partition coefficient (Wildman–Crippen LogP) is 2.68. The Balaban J connectivity index is 1.69. The molecule has 4 aromatic heterocycles. The van der Waals surface area contributed by atoms with Crippen LogP contribution in [0.15, 0.2) is 46.8 Å². The Morgan fingerprint density at radius 3 is 2.93 bits per heavy atom. The average Bonchev–Trinajstić information content (AvgIpc) is 3.26. The van der Waals surface area contributed by atoms with E-state index in [2.05, 4.69) is 15.4 Å². The molecule has 0 fully saturated rings. The van der Waals surface area contributed by atoms with E-state index in [-0.39, 0.29) is 11.5 Å². The molecular weight excluding hydrogens is 362 g/mol. The zero-order chi connectivity index (χ0) is 19.0. The van der Waals surface area contributed by atoms with Crippen molar-refractivity contribution < 1.29 is 4.79 Å². The van der Waals surface area contributed by atoms with E-state index in [9.17, 15) is 9.59 Å². The standard InChI is InChI=1S/C19H19N5O2S/c1-3-14(18(25)21-11-13-5-4-7-20-10-13)24-19(26)16-9-17-15(6-8-27-17)23(16)12(2)22-24/h4-10,14H,3,11H2,1-2H3,(H,21,25)/t14-/m1/s1. The molecule has 1 atom stereocenters. The third-order valence-corrected chi connectivity index (χ3v) is 5.45. The van der Waals surface area contributed by atoms with Crippen molar-refractivity contribution in [3.8, 4) is 0 Å². The van der Waals surface area contributed by atoms with Crippen LogP contribution in [0.1, 0.15) is 30.8 Å². The van der Waals surface area contributed by atoms with Crippen LogP contribution >= 0.6 is 11.3 Å². The normalized spacial score (nSPS) is 12.5. The quantitative estimate of drug-likeness (QED) is 0.576. The molecule has 1 N–H and O–H groups in total. The molecular formula is C19H19N5O2S. The maximum atomic E-state index is 13.0. The summed E-state index contributed by atoms with van der Waals surface area (Å²) >= 11 is 1.58. The van der Waals surface area contributed by atoms with Crippen LogP contribution in [0.3, 0.4) is 0 Å². The highest BCUT2D eigenvalue weighted by Gasteiger charge is 2.23. The van der Waals surface area contributed by atoms with Gasteiger partial charge >= 0.3 is 0 Å². The van der Waals surface area contributed by atoms with Gasteiger partial charge < -0.3 is 5.32 Å². The van der Waals surface area contributed by atoms with E-state index >= 15 is 0 Å². The molecule has 138 valence electrons. The summed E-state index contributed by atoms with van der Waals surface area (Å²) in [7, 11) is 0. The number of thiophene rings is 1. The fourth-order valence-electron chi connectivity index (χ4n) is 3.29. The van der Waals surface area contributed by atoms with E-state index in [4.69, 9.17) is 0 Å². The number of hydrogen-bond donors (Lipinski definition) is 1. The molecule has 0 saturated carbocycles. The summed E-state index contributed by atoms with van der Waals surface area (Å²) in [6.07, 6.45) is 3.86. The maximum Gasteiger partial charge on any atom is 0.291 e. The van der Waals surface area contributed by atoms with Gasteiger partial charge in [-0.2, -0.15) is 5.10 Å². The molecule has 0 bridgehead atoms. The molecule has 0 radical (unpaired) electrons. The first-order chi connectivity index (χ1) is 13.1. The van der Waals surface area contributed by atoms with Gasteiger partial charge in [-0.15, -0.1) is 11.3 Å². The summed E-state index contributed by atoms with van der Waals surface area (Å²) in [5.41, 5.74) is 2.16. The van der Waals surface area contributed by atoms with Gasteiger partial charge in [-0.05, 0) is 42.5 Å². The number of rotatable bonds is 5. The molecule has 0 unspecified atom stereocenters. The lowest BCUT2D eigenvalue weighted by Crippen LogP contribution is -2.39. The molecule has 4 rings (SSSR count). The van der Waals surface area contributed by atoms with Crippen molar-refractivity contribution in [1.29, 1.82) is 0 Å². The van der Waals surface area contributed by atoms with Crippen molar-refractivity contribution in [2.45, 2.75) is 32.9 Å². The molecule has 27 heavy (non-hydrogen) atoms. The second-order valence-corrected chi connectivity index (χ2v) is 7.28. The summed E-state index contributed by atoms with van der Waals surface area (Å²) in [5, 5.41) is 9.32. The van der Waals surface area contributed by atoms with Crippen LogP contribution in [0.25, 0.3) is 15.7 Å². The number of fused-ring (bicyclic) bond motifs is 3. The number of hydrogen-bond acceptors (Lipinski definition) is 5. The fraction of sp³-hybridized carbons (Fsp3) is 0.263. The lowest BCUT2D eigenvalue weighted by atomic mass is 10.2. The summed E-state index contributed by atoms with van der Waals surface area (Å²) in [6.45, 7) is 4.08. The first-order valence-electron chi connectivity index (χ1n) is 8.75. The Kier molecular flexibility index (Phi) is 4.49. The van der Waals surface area contributed by atoms with E-state index in [0.717, 1.165) is 15.8 Å². The van der Waals surface area contributed by atoms with Crippen molar-refractivity contribution in [2.24, 2.45) is 0 Å². The van der Waals surface area contributed by atoms with Gasteiger partial charge in [-0.1, -0.05) is 13.0 Å². The van der Waals surface area contributed by atoms with Gasteiger partial charge in [-0.25, -0.2) is 4.68 Å². The number of aromatic nitrogens is 4. The highest BCUT2D eigenvalue weighted by Crippen LogP contribution is 2.24.